The van der Waals surface area contributed by atoms with Crippen molar-refractivity contribution in [2.24, 2.45) is 11.3 Å². The van der Waals surface area contributed by atoms with Gasteiger partial charge >= 0.3 is 0 Å². The zero-order chi connectivity index (χ0) is 17.5. The highest BCUT2D eigenvalue weighted by Crippen LogP contribution is 2.55. The van der Waals surface area contributed by atoms with Gasteiger partial charge in [0.2, 0.25) is 5.91 Å². The minimum atomic E-state index is -2.94. The molecule has 1 aliphatic carbocycles. The first kappa shape index (κ1) is 17.1. The fourth-order valence-corrected chi connectivity index (χ4v) is 6.87. The van der Waals surface area contributed by atoms with Crippen molar-refractivity contribution in [2.75, 3.05) is 24.6 Å². The summed E-state index contributed by atoms with van der Waals surface area (Å²) in [6.45, 7) is 1.65. The van der Waals surface area contributed by atoms with Crippen molar-refractivity contribution in [3.05, 3.63) is 35.9 Å². The van der Waals surface area contributed by atoms with Crippen LogP contribution in [0.1, 0.15) is 50.0 Å². The zero-order valence-electron chi connectivity index (χ0n) is 14.7. The Labute approximate surface area is 150 Å². The van der Waals surface area contributed by atoms with Crippen LogP contribution in [0.15, 0.2) is 30.3 Å². The molecule has 1 amide bonds. The number of amides is 1. The van der Waals surface area contributed by atoms with Gasteiger partial charge in [0.25, 0.3) is 0 Å². The highest BCUT2D eigenvalue weighted by molar-refractivity contribution is 7.91. The summed E-state index contributed by atoms with van der Waals surface area (Å²) >= 11 is 0. The average molecular weight is 362 g/mol. The number of carbonyl (C=O) groups is 1. The lowest BCUT2D eigenvalue weighted by atomic mass is 9.61. The third-order valence-electron chi connectivity index (χ3n) is 6.57. The largest absolute Gasteiger partial charge is 0.341 e. The second-order valence-corrected chi connectivity index (χ2v) is 10.5. The van der Waals surface area contributed by atoms with Crippen LogP contribution < -0.4 is 0 Å². The smallest absolute Gasteiger partial charge is 0.222 e. The lowest BCUT2D eigenvalue weighted by Gasteiger charge is -2.43. The van der Waals surface area contributed by atoms with Gasteiger partial charge in [-0.3, -0.25) is 4.79 Å². The van der Waals surface area contributed by atoms with Crippen molar-refractivity contribution in [1.82, 2.24) is 4.90 Å². The first-order valence-corrected chi connectivity index (χ1v) is 11.3. The topological polar surface area (TPSA) is 54.5 Å². The summed E-state index contributed by atoms with van der Waals surface area (Å²) in [5.74, 6) is 1.09. The van der Waals surface area contributed by atoms with E-state index >= 15 is 0 Å². The van der Waals surface area contributed by atoms with Crippen molar-refractivity contribution in [3.63, 3.8) is 0 Å². The molecule has 5 heteroatoms. The maximum absolute atomic E-state index is 12.9. The van der Waals surface area contributed by atoms with Gasteiger partial charge in [-0.05, 0) is 42.6 Å². The molecule has 1 aromatic carbocycles. The van der Waals surface area contributed by atoms with Crippen molar-refractivity contribution in [2.45, 2.75) is 44.4 Å². The highest BCUT2D eigenvalue weighted by atomic mass is 32.2. The summed E-state index contributed by atoms with van der Waals surface area (Å²) in [4.78, 5) is 14.9. The molecule has 4 nitrogen and oxygen atoms in total. The lowest BCUT2D eigenvalue weighted by Crippen LogP contribution is -2.38. The monoisotopic (exact) mass is 361 g/mol. The van der Waals surface area contributed by atoms with E-state index in [0.717, 1.165) is 19.5 Å². The van der Waals surface area contributed by atoms with Crippen molar-refractivity contribution in [1.29, 1.82) is 0 Å². The zero-order valence-corrected chi connectivity index (χ0v) is 15.5. The van der Waals surface area contributed by atoms with E-state index in [9.17, 15) is 13.2 Å². The van der Waals surface area contributed by atoms with E-state index in [1.54, 1.807) is 0 Å². The summed E-state index contributed by atoms with van der Waals surface area (Å²) in [7, 11) is -2.94. The number of benzene rings is 1. The van der Waals surface area contributed by atoms with Crippen LogP contribution in [0.4, 0.5) is 0 Å². The molecule has 1 spiro atoms. The van der Waals surface area contributed by atoms with E-state index in [1.807, 2.05) is 11.0 Å². The van der Waals surface area contributed by atoms with Crippen molar-refractivity contribution in [3.8, 4) is 0 Å². The van der Waals surface area contributed by atoms with Crippen LogP contribution in [0.2, 0.25) is 0 Å². The summed E-state index contributed by atoms with van der Waals surface area (Å²) in [5, 5.41) is 0. The van der Waals surface area contributed by atoms with Crippen LogP contribution in [0, 0.1) is 11.3 Å². The van der Waals surface area contributed by atoms with Gasteiger partial charge in [0.1, 0.15) is 0 Å². The van der Waals surface area contributed by atoms with Crippen LogP contribution in [-0.2, 0) is 14.6 Å². The number of hydrogen-bond acceptors (Lipinski definition) is 3. The van der Waals surface area contributed by atoms with Gasteiger partial charge in [-0.15, -0.1) is 0 Å². The molecule has 3 fully saturated rings. The lowest BCUT2D eigenvalue weighted by molar-refractivity contribution is -0.131. The maximum Gasteiger partial charge on any atom is 0.222 e. The third-order valence-corrected chi connectivity index (χ3v) is 8.46. The number of likely N-dealkylation sites (tertiary alicyclic amines) is 1. The van der Waals surface area contributed by atoms with Crippen molar-refractivity contribution >= 4 is 15.7 Å². The quantitative estimate of drug-likeness (QED) is 0.832. The molecule has 0 N–H and O–H groups in total. The predicted octanol–water partition coefficient (Wildman–Crippen LogP) is 3.00. The summed E-state index contributed by atoms with van der Waals surface area (Å²) in [6.07, 6.45) is 5.63. The Morgan fingerprint density at radius 2 is 1.92 bits per heavy atom. The molecule has 1 saturated carbocycles. The number of hydrogen-bond donors (Lipinski definition) is 0. The highest BCUT2D eigenvalue weighted by Gasteiger charge is 2.51. The number of rotatable bonds is 3. The summed E-state index contributed by atoms with van der Waals surface area (Å²) in [5.41, 5.74) is 1.60. The second kappa shape index (κ2) is 6.42. The first-order chi connectivity index (χ1) is 12.0. The van der Waals surface area contributed by atoms with Crippen LogP contribution in [0.5, 0.6) is 0 Å². The van der Waals surface area contributed by atoms with E-state index in [4.69, 9.17) is 0 Å². The molecule has 3 aliphatic rings. The molecule has 2 heterocycles. The maximum atomic E-state index is 12.9. The molecular formula is C20H27NO3S. The Morgan fingerprint density at radius 1 is 1.16 bits per heavy atom. The molecule has 2 unspecified atom stereocenters. The molecule has 1 aromatic rings. The Morgan fingerprint density at radius 3 is 2.56 bits per heavy atom. The summed E-state index contributed by atoms with van der Waals surface area (Å²) in [6, 6.07) is 10.6. The van der Waals surface area contributed by atoms with Gasteiger partial charge in [0.05, 0.1) is 11.5 Å². The Bertz CT molecular complexity index is 739. The number of sulfone groups is 1. The van der Waals surface area contributed by atoms with Gasteiger partial charge in [-0.1, -0.05) is 36.8 Å². The first-order valence-electron chi connectivity index (χ1n) is 9.51. The predicted molar refractivity (Wildman–Crippen MR) is 98.0 cm³/mol. The Hall–Kier alpha value is -1.36. The van der Waals surface area contributed by atoms with E-state index in [2.05, 4.69) is 24.3 Å². The van der Waals surface area contributed by atoms with Gasteiger partial charge in [0.15, 0.2) is 9.84 Å². The molecule has 4 rings (SSSR count). The van der Waals surface area contributed by atoms with Crippen LogP contribution in [0.3, 0.4) is 0 Å². The summed E-state index contributed by atoms with van der Waals surface area (Å²) < 4.78 is 23.7. The molecule has 0 aromatic heterocycles. The van der Waals surface area contributed by atoms with Gasteiger partial charge < -0.3 is 4.90 Å². The number of nitrogens with zero attached hydrogens (tertiary/aromatic N) is 1. The molecule has 136 valence electrons. The van der Waals surface area contributed by atoms with Crippen LogP contribution in [0.25, 0.3) is 0 Å². The molecule has 2 saturated heterocycles. The van der Waals surface area contributed by atoms with E-state index in [1.165, 1.54) is 24.8 Å². The minimum absolute atomic E-state index is 0.0133. The van der Waals surface area contributed by atoms with Gasteiger partial charge in [0, 0.05) is 25.4 Å². The fourth-order valence-electron chi connectivity index (χ4n) is 5.10. The molecule has 25 heavy (non-hydrogen) atoms. The third kappa shape index (κ3) is 3.35. The van der Waals surface area contributed by atoms with Gasteiger partial charge in [-0.2, -0.15) is 0 Å². The second-order valence-electron chi connectivity index (χ2n) is 8.28. The van der Waals surface area contributed by atoms with Crippen LogP contribution in [-0.4, -0.2) is 43.8 Å². The molecule has 2 atom stereocenters. The van der Waals surface area contributed by atoms with Crippen LogP contribution >= 0.6 is 0 Å². The Balaban J connectivity index is 1.45. The van der Waals surface area contributed by atoms with Crippen molar-refractivity contribution < 1.29 is 13.2 Å². The molecular weight excluding hydrogens is 334 g/mol. The fraction of sp³-hybridized carbons (Fsp3) is 0.650. The SMILES string of the molecule is O=C(CC1CCCS(=O)(=O)C1)N1CC(c2ccccc2)C2(CCC2)C1. The van der Waals surface area contributed by atoms with Gasteiger partial charge in [-0.25, -0.2) is 8.42 Å². The minimum Gasteiger partial charge on any atom is -0.341 e. The average Bonchev–Trinajstić information content (AvgIpc) is 2.96. The molecule has 0 bridgehead atoms. The van der Waals surface area contributed by atoms with E-state index < -0.39 is 9.84 Å². The number of carbonyl (C=O) groups excluding carboxylic acids is 1. The normalized spacial score (nSPS) is 30.2. The van der Waals surface area contributed by atoms with E-state index in [-0.39, 0.29) is 23.0 Å². The van der Waals surface area contributed by atoms with E-state index in [0.29, 0.717) is 24.5 Å². The standard InChI is InChI=1S/C20H27NO3S/c22-19(12-16-6-4-11-25(23,24)14-16)21-13-18(17-7-2-1-3-8-17)20(15-21)9-5-10-20/h1-3,7-8,16,18H,4-6,9-15H2. The Kier molecular flexibility index (Phi) is 4.38. The molecule has 0 radical (unpaired) electrons. The molecule has 2 aliphatic heterocycles.